The molecule has 2 rings (SSSR count). The van der Waals surface area contributed by atoms with Gasteiger partial charge in [0.15, 0.2) is 0 Å². The highest BCUT2D eigenvalue weighted by Gasteiger charge is 2.21. The Bertz CT molecular complexity index is 353. The van der Waals surface area contributed by atoms with Crippen molar-refractivity contribution in [2.45, 2.75) is 25.3 Å². The number of thioether (sulfide) groups is 1. The van der Waals surface area contributed by atoms with Crippen LogP contribution in [0.3, 0.4) is 0 Å². The minimum Gasteiger partial charge on any atom is -0.271 e. The summed E-state index contributed by atoms with van der Waals surface area (Å²) in [6.07, 6.45) is 3.37. The van der Waals surface area contributed by atoms with Crippen LogP contribution >= 0.6 is 11.8 Å². The van der Waals surface area contributed by atoms with Crippen LogP contribution in [0.1, 0.15) is 30.9 Å². The molecule has 1 fully saturated rings. The topological polar surface area (TPSA) is 38.0 Å². The fourth-order valence-electron chi connectivity index (χ4n) is 2.36. The number of nitrogens with one attached hydrogen (secondary N) is 1. The van der Waals surface area contributed by atoms with E-state index in [0.717, 1.165) is 6.42 Å². The number of benzene rings is 1. The maximum atomic E-state index is 13.7. The predicted octanol–water partition coefficient (Wildman–Crippen LogP) is 2.86. The van der Waals surface area contributed by atoms with E-state index in [0.29, 0.717) is 11.5 Å². The zero-order chi connectivity index (χ0) is 12.1. The Morgan fingerprint density at radius 2 is 2.06 bits per heavy atom. The van der Waals surface area contributed by atoms with Crippen LogP contribution in [0, 0.1) is 11.7 Å². The molecule has 1 aromatic rings. The fraction of sp³-hybridized carbons (Fsp3) is 0.538. The van der Waals surface area contributed by atoms with Gasteiger partial charge in [-0.15, -0.1) is 0 Å². The second kappa shape index (κ2) is 6.38. The summed E-state index contributed by atoms with van der Waals surface area (Å²) in [6, 6.07) is 6.82. The molecule has 1 aromatic carbocycles. The lowest BCUT2D eigenvalue weighted by Gasteiger charge is -2.26. The molecule has 1 saturated heterocycles. The Morgan fingerprint density at radius 3 is 2.71 bits per heavy atom. The van der Waals surface area contributed by atoms with E-state index >= 15 is 0 Å². The van der Waals surface area contributed by atoms with Crippen molar-refractivity contribution >= 4 is 11.8 Å². The summed E-state index contributed by atoms with van der Waals surface area (Å²) in [6.45, 7) is 0. The molecule has 0 aromatic heterocycles. The molecule has 1 atom stereocenters. The van der Waals surface area contributed by atoms with E-state index in [-0.39, 0.29) is 11.9 Å². The molecular formula is C13H19FN2S. The van der Waals surface area contributed by atoms with Crippen molar-refractivity contribution in [3.05, 3.63) is 35.6 Å². The molecule has 0 saturated carbocycles. The van der Waals surface area contributed by atoms with Crippen LogP contribution in [0.25, 0.3) is 0 Å². The Labute approximate surface area is 106 Å². The molecule has 1 aliphatic heterocycles. The van der Waals surface area contributed by atoms with Crippen LogP contribution in [0.15, 0.2) is 24.3 Å². The van der Waals surface area contributed by atoms with Crippen molar-refractivity contribution in [1.29, 1.82) is 0 Å². The molecule has 0 bridgehead atoms. The summed E-state index contributed by atoms with van der Waals surface area (Å²) < 4.78 is 13.7. The zero-order valence-electron chi connectivity index (χ0n) is 9.86. The summed E-state index contributed by atoms with van der Waals surface area (Å²) in [5.41, 5.74) is 3.45. The molecule has 1 heterocycles. The van der Waals surface area contributed by atoms with Gasteiger partial charge in [-0.1, -0.05) is 18.2 Å². The van der Waals surface area contributed by atoms with Gasteiger partial charge in [-0.3, -0.25) is 11.3 Å². The highest BCUT2D eigenvalue weighted by Crippen LogP contribution is 2.31. The van der Waals surface area contributed by atoms with Gasteiger partial charge in [0.1, 0.15) is 5.82 Å². The van der Waals surface area contributed by atoms with Crippen LogP contribution in [0.5, 0.6) is 0 Å². The minimum absolute atomic E-state index is 0.0655. The number of hydrazine groups is 1. The van der Waals surface area contributed by atoms with E-state index in [1.807, 2.05) is 23.9 Å². The summed E-state index contributed by atoms with van der Waals surface area (Å²) in [5.74, 6) is 8.51. The van der Waals surface area contributed by atoms with Crippen LogP contribution in [0.2, 0.25) is 0 Å². The molecule has 1 unspecified atom stereocenters. The Morgan fingerprint density at radius 1 is 1.35 bits per heavy atom. The Hall–Kier alpha value is -0.580. The lowest BCUT2D eigenvalue weighted by molar-refractivity contribution is 0.366. The van der Waals surface area contributed by atoms with E-state index in [4.69, 9.17) is 5.84 Å². The second-order valence-corrected chi connectivity index (χ2v) is 5.76. The smallest absolute Gasteiger partial charge is 0.128 e. The van der Waals surface area contributed by atoms with Crippen LogP contribution in [-0.4, -0.2) is 11.5 Å². The van der Waals surface area contributed by atoms with Gasteiger partial charge in [0.05, 0.1) is 0 Å². The molecule has 0 aliphatic carbocycles. The van der Waals surface area contributed by atoms with Gasteiger partial charge in [-0.25, -0.2) is 4.39 Å². The first-order chi connectivity index (χ1) is 8.31. The van der Waals surface area contributed by atoms with Gasteiger partial charge >= 0.3 is 0 Å². The van der Waals surface area contributed by atoms with Crippen LogP contribution in [-0.2, 0) is 0 Å². The van der Waals surface area contributed by atoms with E-state index in [1.54, 1.807) is 6.07 Å². The summed E-state index contributed by atoms with van der Waals surface area (Å²) in [7, 11) is 0. The number of hydrogen-bond donors (Lipinski definition) is 2. The van der Waals surface area contributed by atoms with Crippen molar-refractivity contribution in [3.8, 4) is 0 Å². The summed E-state index contributed by atoms with van der Waals surface area (Å²) in [5, 5.41) is 0. The SMILES string of the molecule is NNC(CC1CCSCC1)c1ccccc1F. The highest BCUT2D eigenvalue weighted by atomic mass is 32.2. The number of halogens is 1. The van der Waals surface area contributed by atoms with Crippen molar-refractivity contribution in [1.82, 2.24) is 5.43 Å². The third-order valence-corrected chi connectivity index (χ3v) is 4.44. The molecule has 1 aliphatic rings. The van der Waals surface area contributed by atoms with Gasteiger partial charge in [0.25, 0.3) is 0 Å². The molecule has 2 nitrogen and oxygen atoms in total. The first-order valence-electron chi connectivity index (χ1n) is 6.09. The van der Waals surface area contributed by atoms with Gasteiger partial charge in [0, 0.05) is 11.6 Å². The third kappa shape index (κ3) is 3.44. The van der Waals surface area contributed by atoms with Gasteiger partial charge in [0.2, 0.25) is 0 Å². The fourth-order valence-corrected chi connectivity index (χ4v) is 3.56. The molecule has 17 heavy (non-hydrogen) atoms. The average molecular weight is 254 g/mol. The van der Waals surface area contributed by atoms with Crippen LogP contribution < -0.4 is 11.3 Å². The van der Waals surface area contributed by atoms with E-state index in [1.165, 1.54) is 30.4 Å². The first kappa shape index (κ1) is 12.9. The minimum atomic E-state index is -0.166. The number of hydrogen-bond acceptors (Lipinski definition) is 3. The molecular weight excluding hydrogens is 235 g/mol. The van der Waals surface area contributed by atoms with Crippen molar-refractivity contribution < 1.29 is 4.39 Å². The molecule has 4 heteroatoms. The standard InChI is InChI=1S/C13H19FN2S/c14-12-4-2-1-3-11(12)13(16-15)9-10-5-7-17-8-6-10/h1-4,10,13,16H,5-9,15H2. The Balaban J connectivity index is 2.03. The predicted molar refractivity (Wildman–Crippen MR) is 71.1 cm³/mol. The van der Waals surface area contributed by atoms with E-state index < -0.39 is 0 Å². The lowest BCUT2D eigenvalue weighted by atomic mass is 9.91. The van der Waals surface area contributed by atoms with Crippen molar-refractivity contribution in [3.63, 3.8) is 0 Å². The van der Waals surface area contributed by atoms with Crippen molar-refractivity contribution in [2.24, 2.45) is 11.8 Å². The molecule has 0 spiro atoms. The van der Waals surface area contributed by atoms with Gasteiger partial charge < -0.3 is 0 Å². The normalized spacial score (nSPS) is 19.2. The van der Waals surface area contributed by atoms with Crippen LogP contribution in [0.4, 0.5) is 4.39 Å². The quantitative estimate of drug-likeness (QED) is 0.641. The van der Waals surface area contributed by atoms with Gasteiger partial charge in [-0.2, -0.15) is 11.8 Å². The Kier molecular flexibility index (Phi) is 4.83. The maximum absolute atomic E-state index is 13.7. The molecule has 94 valence electrons. The summed E-state index contributed by atoms with van der Waals surface area (Å²) >= 11 is 2.01. The largest absolute Gasteiger partial charge is 0.271 e. The zero-order valence-corrected chi connectivity index (χ0v) is 10.7. The summed E-state index contributed by atoms with van der Waals surface area (Å²) in [4.78, 5) is 0. The highest BCUT2D eigenvalue weighted by molar-refractivity contribution is 7.99. The third-order valence-electron chi connectivity index (χ3n) is 3.39. The maximum Gasteiger partial charge on any atom is 0.128 e. The van der Waals surface area contributed by atoms with Gasteiger partial charge in [-0.05, 0) is 42.8 Å². The van der Waals surface area contributed by atoms with E-state index in [2.05, 4.69) is 5.43 Å². The molecule has 0 radical (unpaired) electrons. The average Bonchev–Trinajstić information content (AvgIpc) is 2.38. The molecule has 3 N–H and O–H groups in total. The monoisotopic (exact) mass is 254 g/mol. The second-order valence-electron chi connectivity index (χ2n) is 4.53. The molecule has 0 amide bonds. The van der Waals surface area contributed by atoms with E-state index in [9.17, 15) is 4.39 Å². The van der Waals surface area contributed by atoms with Crippen molar-refractivity contribution in [2.75, 3.05) is 11.5 Å². The lowest BCUT2D eigenvalue weighted by Crippen LogP contribution is -2.31. The number of rotatable bonds is 4. The first-order valence-corrected chi connectivity index (χ1v) is 7.25. The number of nitrogens with two attached hydrogens (primary N) is 1.